The molecule has 0 bridgehead atoms. The summed E-state index contributed by atoms with van der Waals surface area (Å²) in [5.41, 5.74) is 3.14. The van der Waals surface area contributed by atoms with Crippen molar-refractivity contribution >= 4 is 15.9 Å². The van der Waals surface area contributed by atoms with Crippen molar-refractivity contribution in [2.75, 3.05) is 19.6 Å². The van der Waals surface area contributed by atoms with Gasteiger partial charge in [0, 0.05) is 29.6 Å². The maximum atomic E-state index is 3.76. The first-order valence-corrected chi connectivity index (χ1v) is 8.36. The largest absolute Gasteiger partial charge is 0.314 e. The van der Waals surface area contributed by atoms with Crippen molar-refractivity contribution in [2.45, 2.75) is 37.8 Å². The smallest absolute Gasteiger partial charge is 0.0366 e. The zero-order valence-corrected chi connectivity index (χ0v) is 12.8. The number of rotatable bonds is 0. The van der Waals surface area contributed by atoms with Gasteiger partial charge in [0.05, 0.1) is 0 Å². The normalized spacial score (nSPS) is 34.3. The summed E-state index contributed by atoms with van der Waals surface area (Å²) >= 11 is 3.61. The van der Waals surface area contributed by atoms with Crippen molar-refractivity contribution in [2.24, 2.45) is 5.92 Å². The van der Waals surface area contributed by atoms with Gasteiger partial charge in [-0.05, 0) is 61.4 Å². The van der Waals surface area contributed by atoms with Gasteiger partial charge < -0.3 is 5.32 Å². The number of fused-ring (bicyclic) bond motifs is 4. The number of benzene rings is 1. The third kappa shape index (κ3) is 2.16. The SMILES string of the molecule is Brc1ccc2c(c1)CCN1C[C@H]3CCCN[C@H]3C[C@@H]21. The molecule has 2 saturated heterocycles. The molecule has 1 aromatic carbocycles. The summed E-state index contributed by atoms with van der Waals surface area (Å²) in [4.78, 5) is 2.74. The van der Waals surface area contributed by atoms with Crippen molar-refractivity contribution in [1.29, 1.82) is 0 Å². The molecule has 0 unspecified atom stereocenters. The van der Waals surface area contributed by atoms with Gasteiger partial charge in [-0.3, -0.25) is 4.90 Å². The topological polar surface area (TPSA) is 15.3 Å². The Balaban J connectivity index is 1.65. The van der Waals surface area contributed by atoms with Crippen molar-refractivity contribution in [3.8, 4) is 0 Å². The molecule has 3 aliphatic rings. The molecular weight excluding hydrogens is 300 g/mol. The van der Waals surface area contributed by atoms with E-state index in [1.807, 2.05) is 0 Å². The van der Waals surface area contributed by atoms with E-state index in [9.17, 15) is 0 Å². The molecule has 2 fully saturated rings. The summed E-state index contributed by atoms with van der Waals surface area (Å²) in [5.74, 6) is 0.891. The second-order valence-corrected chi connectivity index (χ2v) is 7.22. The van der Waals surface area contributed by atoms with E-state index in [-0.39, 0.29) is 0 Å². The van der Waals surface area contributed by atoms with Crippen LogP contribution in [0.3, 0.4) is 0 Å². The van der Waals surface area contributed by atoms with Crippen LogP contribution in [0.4, 0.5) is 0 Å². The quantitative estimate of drug-likeness (QED) is 0.790. The van der Waals surface area contributed by atoms with E-state index in [0.29, 0.717) is 6.04 Å². The molecule has 3 aliphatic heterocycles. The van der Waals surface area contributed by atoms with E-state index >= 15 is 0 Å². The lowest BCUT2D eigenvalue weighted by atomic mass is 9.77. The summed E-state index contributed by atoms with van der Waals surface area (Å²) in [5, 5.41) is 3.76. The third-order valence-corrected chi connectivity index (χ3v) is 5.74. The van der Waals surface area contributed by atoms with Crippen LogP contribution >= 0.6 is 15.9 Å². The molecule has 0 aliphatic carbocycles. The predicted molar refractivity (Wildman–Crippen MR) is 81.3 cm³/mol. The third-order valence-electron chi connectivity index (χ3n) is 5.25. The minimum Gasteiger partial charge on any atom is -0.314 e. The first kappa shape index (κ1) is 12.4. The molecule has 3 heterocycles. The molecule has 3 atom stereocenters. The van der Waals surface area contributed by atoms with Crippen LogP contribution < -0.4 is 5.32 Å². The van der Waals surface area contributed by atoms with Crippen LogP contribution in [0.5, 0.6) is 0 Å². The maximum Gasteiger partial charge on any atom is 0.0366 e. The molecular formula is C16H21BrN2. The Morgan fingerprint density at radius 2 is 2.26 bits per heavy atom. The number of nitrogens with zero attached hydrogens (tertiary/aromatic N) is 1. The highest BCUT2D eigenvalue weighted by atomic mass is 79.9. The van der Waals surface area contributed by atoms with Crippen molar-refractivity contribution in [1.82, 2.24) is 10.2 Å². The van der Waals surface area contributed by atoms with E-state index < -0.39 is 0 Å². The molecule has 1 N–H and O–H groups in total. The van der Waals surface area contributed by atoms with Crippen LogP contribution in [-0.2, 0) is 6.42 Å². The highest BCUT2D eigenvalue weighted by Crippen LogP contribution is 2.40. The van der Waals surface area contributed by atoms with Gasteiger partial charge in [0.25, 0.3) is 0 Å². The lowest BCUT2D eigenvalue weighted by molar-refractivity contribution is 0.0552. The Morgan fingerprint density at radius 3 is 3.21 bits per heavy atom. The first-order chi connectivity index (χ1) is 9.31. The number of nitrogens with one attached hydrogen (secondary N) is 1. The van der Waals surface area contributed by atoms with Crippen molar-refractivity contribution in [3.05, 3.63) is 33.8 Å². The zero-order chi connectivity index (χ0) is 12.8. The summed E-state index contributed by atoms with van der Waals surface area (Å²) < 4.78 is 1.23. The Bertz CT molecular complexity index is 488. The Morgan fingerprint density at radius 1 is 1.32 bits per heavy atom. The van der Waals surface area contributed by atoms with Crippen LogP contribution in [0.25, 0.3) is 0 Å². The van der Waals surface area contributed by atoms with Gasteiger partial charge in [0.15, 0.2) is 0 Å². The lowest BCUT2D eigenvalue weighted by Crippen LogP contribution is -2.54. The van der Waals surface area contributed by atoms with Crippen molar-refractivity contribution in [3.63, 3.8) is 0 Å². The Kier molecular flexibility index (Phi) is 3.17. The van der Waals surface area contributed by atoms with E-state index in [1.165, 1.54) is 49.8 Å². The molecule has 0 saturated carbocycles. The number of hydrogen-bond donors (Lipinski definition) is 1. The molecule has 2 nitrogen and oxygen atoms in total. The summed E-state index contributed by atoms with van der Waals surface area (Å²) in [7, 11) is 0. The van der Waals surface area contributed by atoms with E-state index in [4.69, 9.17) is 0 Å². The maximum absolute atomic E-state index is 3.76. The molecule has 19 heavy (non-hydrogen) atoms. The zero-order valence-electron chi connectivity index (χ0n) is 11.2. The van der Waals surface area contributed by atoms with Gasteiger partial charge in [-0.15, -0.1) is 0 Å². The molecule has 1 aromatic rings. The van der Waals surface area contributed by atoms with E-state index in [1.54, 1.807) is 11.1 Å². The average Bonchev–Trinajstić information content (AvgIpc) is 2.44. The summed E-state index contributed by atoms with van der Waals surface area (Å²) in [6, 6.07) is 8.29. The average molecular weight is 321 g/mol. The van der Waals surface area contributed by atoms with Crippen LogP contribution in [0, 0.1) is 5.92 Å². The predicted octanol–water partition coefficient (Wildman–Crippen LogP) is 3.12. The first-order valence-electron chi connectivity index (χ1n) is 7.57. The van der Waals surface area contributed by atoms with E-state index in [0.717, 1.165) is 12.0 Å². The molecule has 0 amide bonds. The van der Waals surface area contributed by atoms with Gasteiger partial charge >= 0.3 is 0 Å². The fourth-order valence-corrected chi connectivity index (χ4v) is 4.69. The highest BCUT2D eigenvalue weighted by molar-refractivity contribution is 9.10. The van der Waals surface area contributed by atoms with Gasteiger partial charge in [-0.1, -0.05) is 22.0 Å². The molecule has 4 rings (SSSR count). The monoisotopic (exact) mass is 320 g/mol. The number of hydrogen-bond acceptors (Lipinski definition) is 2. The van der Waals surface area contributed by atoms with Crippen LogP contribution in [0.15, 0.2) is 22.7 Å². The fraction of sp³-hybridized carbons (Fsp3) is 0.625. The minimum atomic E-state index is 0.656. The lowest BCUT2D eigenvalue weighted by Gasteiger charge is -2.49. The van der Waals surface area contributed by atoms with Crippen LogP contribution in [0.2, 0.25) is 0 Å². The highest BCUT2D eigenvalue weighted by Gasteiger charge is 2.39. The van der Waals surface area contributed by atoms with Crippen LogP contribution in [0.1, 0.15) is 36.4 Å². The summed E-state index contributed by atoms with van der Waals surface area (Å²) in [6.45, 7) is 3.77. The number of piperidine rings is 2. The molecule has 0 spiro atoms. The van der Waals surface area contributed by atoms with Crippen LogP contribution in [-0.4, -0.2) is 30.6 Å². The van der Waals surface area contributed by atoms with Crippen molar-refractivity contribution < 1.29 is 0 Å². The van der Waals surface area contributed by atoms with Gasteiger partial charge in [0.2, 0.25) is 0 Å². The summed E-state index contributed by atoms with van der Waals surface area (Å²) in [6.07, 6.45) is 5.31. The van der Waals surface area contributed by atoms with Gasteiger partial charge in [0.1, 0.15) is 0 Å². The minimum absolute atomic E-state index is 0.656. The van der Waals surface area contributed by atoms with E-state index in [2.05, 4.69) is 44.3 Å². The molecule has 0 aromatic heterocycles. The van der Waals surface area contributed by atoms with Gasteiger partial charge in [-0.25, -0.2) is 0 Å². The molecule has 3 heteroatoms. The standard InChI is InChI=1S/C16H21BrN2/c17-13-3-4-14-11(8-13)5-7-19-10-12-2-1-6-18-15(12)9-16(14)19/h3-4,8,12,15-16,18H,1-2,5-7,9-10H2/t12-,15+,16+/m1/s1. The Labute approximate surface area is 123 Å². The second-order valence-electron chi connectivity index (χ2n) is 6.30. The van der Waals surface area contributed by atoms with Gasteiger partial charge in [-0.2, -0.15) is 0 Å². The molecule has 0 radical (unpaired) electrons. The fourth-order valence-electron chi connectivity index (χ4n) is 4.28. The Hall–Kier alpha value is -0.380. The number of halogens is 1. The molecule has 102 valence electrons. The second kappa shape index (κ2) is 4.87.